The van der Waals surface area contributed by atoms with Crippen LogP contribution in [-0.2, 0) is 14.8 Å². The molecule has 1 atom stereocenters. The number of carbonyl (C=O) groups is 1. The fraction of sp³-hybridized carbons (Fsp3) is 0.923. The SMILES string of the molecule is CC(C)[C@H](N)C(=O)N1CCC(N(CC(F)(F)F)S(C)(=O)=O)CC1.Cl. The standard InChI is InChI=1S/C13H24F3N3O3S.ClH/c1-9(2)11(17)12(20)18-6-4-10(5-7-18)19(23(3,21)22)8-13(14,15)16;/h9-11H,4-8,17H2,1-3H3;1H/t11-;/m0./s1. The monoisotopic (exact) mass is 395 g/mol. The van der Waals surface area contributed by atoms with Gasteiger partial charge in [0, 0.05) is 19.1 Å². The number of hydrogen-bond acceptors (Lipinski definition) is 4. The van der Waals surface area contributed by atoms with E-state index in [-0.39, 0.29) is 50.2 Å². The van der Waals surface area contributed by atoms with Gasteiger partial charge < -0.3 is 10.6 Å². The smallest absolute Gasteiger partial charge is 0.341 e. The first kappa shape index (κ1) is 23.4. The second-order valence-corrected chi connectivity index (χ2v) is 8.18. The first-order valence-electron chi connectivity index (χ1n) is 7.41. The van der Waals surface area contributed by atoms with Gasteiger partial charge in [0.1, 0.15) is 6.54 Å². The number of carbonyl (C=O) groups excluding carboxylic acids is 1. The van der Waals surface area contributed by atoms with E-state index < -0.39 is 34.8 Å². The predicted octanol–water partition coefficient (Wildman–Crippen LogP) is 1.21. The summed E-state index contributed by atoms with van der Waals surface area (Å²) < 4.78 is 61.6. The number of nitrogens with two attached hydrogens (primary N) is 1. The Labute approximate surface area is 147 Å². The number of piperidine rings is 1. The lowest BCUT2D eigenvalue weighted by Gasteiger charge is -2.38. The Bertz CT molecular complexity index is 520. The second kappa shape index (κ2) is 8.68. The zero-order valence-corrected chi connectivity index (χ0v) is 15.5. The minimum atomic E-state index is -4.60. The molecule has 1 fully saturated rings. The fourth-order valence-electron chi connectivity index (χ4n) is 2.56. The Morgan fingerprint density at radius 2 is 1.75 bits per heavy atom. The van der Waals surface area contributed by atoms with Gasteiger partial charge in [-0.3, -0.25) is 4.79 Å². The number of alkyl halides is 3. The highest BCUT2D eigenvalue weighted by Gasteiger charge is 2.40. The van der Waals surface area contributed by atoms with Crippen molar-refractivity contribution in [1.29, 1.82) is 0 Å². The zero-order chi connectivity index (χ0) is 18.0. The highest BCUT2D eigenvalue weighted by molar-refractivity contribution is 7.88. The van der Waals surface area contributed by atoms with Crippen LogP contribution in [0, 0.1) is 5.92 Å². The molecule has 0 aromatic carbocycles. The Morgan fingerprint density at radius 1 is 1.29 bits per heavy atom. The van der Waals surface area contributed by atoms with Crippen LogP contribution in [0.2, 0.25) is 0 Å². The fourth-order valence-corrected chi connectivity index (χ4v) is 3.70. The molecule has 0 saturated carbocycles. The number of nitrogens with zero attached hydrogens (tertiary/aromatic N) is 2. The number of amides is 1. The van der Waals surface area contributed by atoms with Gasteiger partial charge in [-0.05, 0) is 18.8 Å². The summed E-state index contributed by atoms with van der Waals surface area (Å²) in [6.07, 6.45) is -3.50. The van der Waals surface area contributed by atoms with E-state index in [1.54, 1.807) is 0 Å². The number of likely N-dealkylation sites (tertiary alicyclic amines) is 1. The Kier molecular flexibility index (Phi) is 8.47. The van der Waals surface area contributed by atoms with E-state index in [0.29, 0.717) is 4.31 Å². The Balaban J connectivity index is 0.00000529. The first-order valence-corrected chi connectivity index (χ1v) is 9.25. The minimum absolute atomic E-state index is 0. The summed E-state index contributed by atoms with van der Waals surface area (Å²) in [6, 6.07) is -1.42. The van der Waals surface area contributed by atoms with Crippen LogP contribution in [-0.4, -0.2) is 67.7 Å². The molecule has 1 aliphatic rings. The van der Waals surface area contributed by atoms with E-state index >= 15 is 0 Å². The van der Waals surface area contributed by atoms with Crippen molar-refractivity contribution < 1.29 is 26.4 Å². The number of rotatable bonds is 5. The van der Waals surface area contributed by atoms with Crippen molar-refractivity contribution in [3.63, 3.8) is 0 Å². The minimum Gasteiger partial charge on any atom is -0.341 e. The van der Waals surface area contributed by atoms with E-state index in [2.05, 4.69) is 0 Å². The van der Waals surface area contributed by atoms with Gasteiger partial charge in [0.2, 0.25) is 15.9 Å². The van der Waals surface area contributed by atoms with Crippen molar-refractivity contribution in [2.45, 2.75) is 44.9 Å². The Hall–Kier alpha value is -0.580. The molecular weight excluding hydrogens is 371 g/mol. The van der Waals surface area contributed by atoms with Gasteiger partial charge in [-0.15, -0.1) is 12.4 Å². The van der Waals surface area contributed by atoms with E-state index in [1.165, 1.54) is 4.90 Å². The molecule has 0 aliphatic carbocycles. The number of sulfonamides is 1. The van der Waals surface area contributed by atoms with E-state index in [4.69, 9.17) is 5.73 Å². The van der Waals surface area contributed by atoms with Crippen LogP contribution in [0.5, 0.6) is 0 Å². The maximum Gasteiger partial charge on any atom is 0.402 e. The van der Waals surface area contributed by atoms with E-state index in [0.717, 1.165) is 6.26 Å². The molecule has 1 aliphatic heterocycles. The Morgan fingerprint density at radius 3 is 2.08 bits per heavy atom. The molecular formula is C13H25ClF3N3O3S. The van der Waals surface area contributed by atoms with Crippen molar-refractivity contribution in [2.24, 2.45) is 11.7 Å². The van der Waals surface area contributed by atoms with Crippen molar-refractivity contribution in [2.75, 3.05) is 25.9 Å². The lowest BCUT2D eigenvalue weighted by atomic mass is 10.0. The van der Waals surface area contributed by atoms with Gasteiger partial charge in [0.25, 0.3) is 0 Å². The van der Waals surface area contributed by atoms with Gasteiger partial charge in [-0.2, -0.15) is 17.5 Å². The molecule has 0 aromatic heterocycles. The van der Waals surface area contributed by atoms with Crippen molar-refractivity contribution in [3.8, 4) is 0 Å². The lowest BCUT2D eigenvalue weighted by Crippen LogP contribution is -2.54. The number of halogens is 4. The van der Waals surface area contributed by atoms with E-state index in [1.807, 2.05) is 13.8 Å². The summed E-state index contributed by atoms with van der Waals surface area (Å²) in [5, 5.41) is 0. The molecule has 11 heteroatoms. The summed E-state index contributed by atoms with van der Waals surface area (Å²) >= 11 is 0. The molecule has 1 saturated heterocycles. The van der Waals surface area contributed by atoms with Crippen LogP contribution in [0.1, 0.15) is 26.7 Å². The molecule has 0 spiro atoms. The molecule has 0 radical (unpaired) electrons. The highest BCUT2D eigenvalue weighted by atomic mass is 35.5. The van der Waals surface area contributed by atoms with Crippen LogP contribution in [0.3, 0.4) is 0 Å². The average molecular weight is 396 g/mol. The van der Waals surface area contributed by atoms with Gasteiger partial charge in [-0.1, -0.05) is 13.8 Å². The van der Waals surface area contributed by atoms with Crippen LogP contribution in [0.25, 0.3) is 0 Å². The maximum absolute atomic E-state index is 12.6. The summed E-state index contributed by atoms with van der Waals surface area (Å²) in [6.45, 7) is 2.52. The van der Waals surface area contributed by atoms with Gasteiger partial charge in [0.15, 0.2) is 0 Å². The molecule has 1 rings (SSSR count). The molecule has 0 unspecified atom stereocenters. The normalized spacial score (nSPS) is 18.6. The molecule has 2 N–H and O–H groups in total. The molecule has 6 nitrogen and oxygen atoms in total. The molecule has 144 valence electrons. The number of hydrogen-bond donors (Lipinski definition) is 1. The topological polar surface area (TPSA) is 83.7 Å². The van der Waals surface area contributed by atoms with E-state index in [9.17, 15) is 26.4 Å². The van der Waals surface area contributed by atoms with Gasteiger partial charge in [-0.25, -0.2) is 8.42 Å². The first-order chi connectivity index (χ1) is 10.3. The highest BCUT2D eigenvalue weighted by Crippen LogP contribution is 2.25. The maximum atomic E-state index is 12.6. The third-order valence-corrected chi connectivity index (χ3v) is 5.23. The molecule has 0 aromatic rings. The summed E-state index contributed by atoms with van der Waals surface area (Å²) in [5.41, 5.74) is 5.79. The van der Waals surface area contributed by atoms with Crippen LogP contribution < -0.4 is 5.73 Å². The van der Waals surface area contributed by atoms with Crippen molar-refractivity contribution in [1.82, 2.24) is 9.21 Å². The third-order valence-electron chi connectivity index (χ3n) is 3.95. The van der Waals surface area contributed by atoms with Crippen LogP contribution in [0.4, 0.5) is 13.2 Å². The summed E-state index contributed by atoms with van der Waals surface area (Å²) in [4.78, 5) is 13.6. The van der Waals surface area contributed by atoms with Crippen LogP contribution in [0.15, 0.2) is 0 Å². The quantitative estimate of drug-likeness (QED) is 0.758. The predicted molar refractivity (Wildman–Crippen MR) is 87.3 cm³/mol. The second-order valence-electron chi connectivity index (χ2n) is 6.25. The van der Waals surface area contributed by atoms with Gasteiger partial charge in [0.05, 0.1) is 12.3 Å². The van der Waals surface area contributed by atoms with Crippen molar-refractivity contribution >= 4 is 28.3 Å². The zero-order valence-electron chi connectivity index (χ0n) is 13.9. The molecule has 24 heavy (non-hydrogen) atoms. The van der Waals surface area contributed by atoms with Crippen LogP contribution >= 0.6 is 12.4 Å². The average Bonchev–Trinajstić information content (AvgIpc) is 2.41. The summed E-state index contributed by atoms with van der Waals surface area (Å²) in [7, 11) is -3.98. The largest absolute Gasteiger partial charge is 0.402 e. The molecule has 0 bridgehead atoms. The van der Waals surface area contributed by atoms with Crippen molar-refractivity contribution in [3.05, 3.63) is 0 Å². The lowest BCUT2D eigenvalue weighted by molar-refractivity contribution is -0.143. The third kappa shape index (κ3) is 6.73. The molecule has 1 amide bonds. The molecule has 1 heterocycles. The summed E-state index contributed by atoms with van der Waals surface area (Å²) in [5.74, 6) is -0.293. The van der Waals surface area contributed by atoms with Gasteiger partial charge >= 0.3 is 6.18 Å².